The molecule has 7 nitrogen and oxygen atoms in total. The Balaban J connectivity index is 2.29. The first kappa shape index (κ1) is 19.1. The number of nitrogens with one attached hydrogen (secondary N) is 1. The van der Waals surface area contributed by atoms with E-state index in [2.05, 4.69) is 30.7 Å². The Morgan fingerprint density at radius 1 is 1.48 bits per heavy atom. The van der Waals surface area contributed by atoms with Crippen LogP contribution in [-0.2, 0) is 14.3 Å². The Labute approximate surface area is 150 Å². The zero-order valence-electron chi connectivity index (χ0n) is 13.1. The molecule has 0 saturated carbocycles. The number of amides is 1. The van der Waals surface area contributed by atoms with Gasteiger partial charge in [0.05, 0.1) is 31.5 Å². The van der Waals surface area contributed by atoms with Gasteiger partial charge in [-0.05, 0) is 34.1 Å². The second-order valence-corrected chi connectivity index (χ2v) is 5.79. The maximum Gasteiger partial charge on any atom is 0.387 e. The average Bonchev–Trinajstić information content (AvgIpc) is 2.86. The molecule has 0 aliphatic carbocycles. The topological polar surface area (TPSA) is 88.1 Å². The molecule has 1 aliphatic rings. The van der Waals surface area contributed by atoms with Crippen LogP contribution in [0.5, 0.6) is 5.75 Å². The van der Waals surface area contributed by atoms with Crippen molar-refractivity contribution in [2.45, 2.75) is 6.61 Å². The van der Waals surface area contributed by atoms with Crippen LogP contribution in [0.3, 0.4) is 0 Å². The summed E-state index contributed by atoms with van der Waals surface area (Å²) in [6, 6.07) is 4.02. The summed E-state index contributed by atoms with van der Waals surface area (Å²) in [5.74, 6) is -1.21. The van der Waals surface area contributed by atoms with Crippen LogP contribution in [0.1, 0.15) is 0 Å². The van der Waals surface area contributed by atoms with E-state index in [1.165, 1.54) is 30.2 Å². The van der Waals surface area contributed by atoms with E-state index in [4.69, 9.17) is 5.11 Å². The highest BCUT2D eigenvalue weighted by Gasteiger charge is 2.34. The van der Waals surface area contributed by atoms with E-state index in [-0.39, 0.29) is 36.7 Å². The Kier molecular flexibility index (Phi) is 6.32. The minimum absolute atomic E-state index is 0.00139. The molecule has 0 bridgehead atoms. The zero-order chi connectivity index (χ0) is 18.6. The summed E-state index contributed by atoms with van der Waals surface area (Å²) < 4.78 is 33.8. The second kappa shape index (κ2) is 8.26. The molecule has 0 saturated heterocycles. The van der Waals surface area contributed by atoms with Gasteiger partial charge in [0.2, 0.25) is 0 Å². The van der Waals surface area contributed by atoms with Gasteiger partial charge in [-0.2, -0.15) is 8.78 Å². The van der Waals surface area contributed by atoms with Crippen molar-refractivity contribution >= 4 is 33.5 Å². The summed E-state index contributed by atoms with van der Waals surface area (Å²) in [5, 5.41) is 11.8. The van der Waals surface area contributed by atoms with Gasteiger partial charge in [-0.3, -0.25) is 4.79 Å². The Bertz CT molecular complexity index is 711. The molecule has 1 amide bonds. The molecule has 1 heterocycles. The molecule has 0 atom stereocenters. The lowest BCUT2D eigenvalue weighted by molar-refractivity contribution is -0.136. The fourth-order valence-electron chi connectivity index (χ4n) is 2.26. The fraction of sp³-hybridized carbons (Fsp3) is 0.333. The number of β-amino-alcohol motifs (C(OH)–C–C–N with tert-alkyl or cyclic N) is 1. The van der Waals surface area contributed by atoms with Crippen LogP contribution in [0.25, 0.3) is 0 Å². The average molecular weight is 421 g/mol. The fourth-order valence-corrected chi connectivity index (χ4v) is 2.71. The second-order valence-electron chi connectivity index (χ2n) is 4.94. The van der Waals surface area contributed by atoms with Gasteiger partial charge < -0.3 is 24.8 Å². The SMILES string of the molecule is COC(=O)C1=C(Nc2ccc(OC(F)F)cc2Br)C(=O)N(CCO)C1. The van der Waals surface area contributed by atoms with Crippen molar-refractivity contribution in [1.82, 2.24) is 4.90 Å². The predicted molar refractivity (Wildman–Crippen MR) is 87.1 cm³/mol. The number of ether oxygens (including phenoxy) is 2. The van der Waals surface area contributed by atoms with Gasteiger partial charge in [-0.25, -0.2) is 4.79 Å². The molecule has 0 fully saturated rings. The smallest absolute Gasteiger partial charge is 0.387 e. The maximum atomic E-state index is 12.4. The molecule has 1 aliphatic heterocycles. The predicted octanol–water partition coefficient (Wildman–Crippen LogP) is 1.72. The van der Waals surface area contributed by atoms with E-state index in [9.17, 15) is 18.4 Å². The van der Waals surface area contributed by atoms with Gasteiger partial charge in [0.15, 0.2) is 0 Å². The standard InChI is InChI=1S/C15H15BrF2N2O5/c1-24-14(23)9-7-20(4-5-21)13(22)12(9)19-11-3-2-8(6-10(11)16)25-15(17)18/h2-3,6,15,19,21H,4-5,7H2,1H3. The highest BCUT2D eigenvalue weighted by Crippen LogP contribution is 2.31. The van der Waals surface area contributed by atoms with E-state index in [0.717, 1.165) is 0 Å². The number of carbonyl (C=O) groups excluding carboxylic acids is 2. The third kappa shape index (κ3) is 4.45. The molecule has 1 aromatic rings. The lowest BCUT2D eigenvalue weighted by Gasteiger charge is -2.15. The van der Waals surface area contributed by atoms with Crippen molar-refractivity contribution in [3.05, 3.63) is 33.9 Å². The minimum atomic E-state index is -2.96. The number of hydrogen-bond donors (Lipinski definition) is 2. The van der Waals surface area contributed by atoms with E-state index in [1.807, 2.05) is 0 Å². The molecule has 10 heteroatoms. The highest BCUT2D eigenvalue weighted by molar-refractivity contribution is 9.10. The van der Waals surface area contributed by atoms with Crippen LogP contribution in [0, 0.1) is 0 Å². The maximum absolute atomic E-state index is 12.4. The number of benzene rings is 1. The van der Waals surface area contributed by atoms with Crippen molar-refractivity contribution in [1.29, 1.82) is 0 Å². The molecule has 0 radical (unpaired) electrons. The lowest BCUT2D eigenvalue weighted by Crippen LogP contribution is -2.31. The lowest BCUT2D eigenvalue weighted by atomic mass is 10.2. The van der Waals surface area contributed by atoms with E-state index >= 15 is 0 Å². The van der Waals surface area contributed by atoms with E-state index < -0.39 is 18.5 Å². The van der Waals surface area contributed by atoms with Crippen molar-refractivity contribution in [2.75, 3.05) is 32.1 Å². The van der Waals surface area contributed by atoms with Gasteiger partial charge in [0, 0.05) is 11.0 Å². The summed E-state index contributed by atoms with van der Waals surface area (Å²) in [5.41, 5.74) is 0.488. The molecule has 2 rings (SSSR count). The monoisotopic (exact) mass is 420 g/mol. The number of methoxy groups -OCH3 is 1. The largest absolute Gasteiger partial charge is 0.466 e. The van der Waals surface area contributed by atoms with E-state index in [0.29, 0.717) is 10.2 Å². The summed E-state index contributed by atoms with van der Waals surface area (Å²) >= 11 is 3.19. The molecule has 1 aromatic carbocycles. The number of anilines is 1. The first-order valence-electron chi connectivity index (χ1n) is 7.10. The third-order valence-electron chi connectivity index (χ3n) is 3.38. The van der Waals surface area contributed by atoms with Gasteiger partial charge in [-0.15, -0.1) is 0 Å². The molecule has 0 spiro atoms. The molecule has 136 valence electrons. The third-order valence-corrected chi connectivity index (χ3v) is 4.04. The normalized spacial score (nSPS) is 14.3. The minimum Gasteiger partial charge on any atom is -0.466 e. The first-order chi connectivity index (χ1) is 11.9. The number of halogens is 3. The van der Waals surface area contributed by atoms with E-state index in [1.54, 1.807) is 0 Å². The quantitative estimate of drug-likeness (QED) is 0.653. The van der Waals surface area contributed by atoms with Crippen molar-refractivity contribution in [3.63, 3.8) is 0 Å². The summed E-state index contributed by atoms with van der Waals surface area (Å²) in [6.07, 6.45) is 0. The molecule has 0 aromatic heterocycles. The number of hydrogen-bond acceptors (Lipinski definition) is 6. The van der Waals surface area contributed by atoms with Crippen LogP contribution in [0.4, 0.5) is 14.5 Å². The number of alkyl halides is 2. The van der Waals surface area contributed by atoms with Crippen LogP contribution >= 0.6 is 15.9 Å². The van der Waals surface area contributed by atoms with Crippen LogP contribution < -0.4 is 10.1 Å². The van der Waals surface area contributed by atoms with Gasteiger partial charge in [-0.1, -0.05) is 0 Å². The number of carbonyl (C=O) groups is 2. The molecule has 25 heavy (non-hydrogen) atoms. The number of esters is 1. The number of aliphatic hydroxyl groups is 1. The molecular formula is C15H15BrF2N2O5. The number of aliphatic hydroxyl groups excluding tert-OH is 1. The van der Waals surface area contributed by atoms with Crippen LogP contribution in [0.2, 0.25) is 0 Å². The summed E-state index contributed by atoms with van der Waals surface area (Å²) in [7, 11) is 1.19. The van der Waals surface area contributed by atoms with Crippen molar-refractivity contribution in [3.8, 4) is 5.75 Å². The molecule has 0 unspecified atom stereocenters. The number of rotatable bonds is 7. The van der Waals surface area contributed by atoms with Gasteiger partial charge in [0.25, 0.3) is 5.91 Å². The Morgan fingerprint density at radius 3 is 2.76 bits per heavy atom. The first-order valence-corrected chi connectivity index (χ1v) is 7.89. The van der Waals surface area contributed by atoms with Crippen LogP contribution in [-0.4, -0.2) is 55.3 Å². The summed E-state index contributed by atoms with van der Waals surface area (Å²) in [6.45, 7) is -3.15. The van der Waals surface area contributed by atoms with Gasteiger partial charge in [0.1, 0.15) is 11.4 Å². The zero-order valence-corrected chi connectivity index (χ0v) is 14.7. The Hall–Kier alpha value is -2.20. The summed E-state index contributed by atoms with van der Waals surface area (Å²) in [4.78, 5) is 25.6. The van der Waals surface area contributed by atoms with Gasteiger partial charge >= 0.3 is 12.6 Å². The Morgan fingerprint density at radius 2 is 2.20 bits per heavy atom. The molecule has 2 N–H and O–H groups in total. The molecular weight excluding hydrogens is 406 g/mol. The highest BCUT2D eigenvalue weighted by atomic mass is 79.9. The van der Waals surface area contributed by atoms with Crippen LogP contribution in [0.15, 0.2) is 33.9 Å². The van der Waals surface area contributed by atoms with Crippen molar-refractivity contribution in [2.24, 2.45) is 0 Å². The number of nitrogens with zero attached hydrogens (tertiary/aromatic N) is 1. The van der Waals surface area contributed by atoms with Crippen molar-refractivity contribution < 1.29 is 33.0 Å².